The van der Waals surface area contributed by atoms with Crippen LogP contribution in [0.4, 0.5) is 4.79 Å². The summed E-state index contributed by atoms with van der Waals surface area (Å²) in [6.45, 7) is 8.08. The lowest BCUT2D eigenvalue weighted by molar-refractivity contribution is -0.127. The number of nitrogens with one attached hydrogen (secondary N) is 3. The number of carbonyl (C=O) groups is 3. The van der Waals surface area contributed by atoms with Gasteiger partial charge < -0.3 is 14.5 Å². The maximum absolute atomic E-state index is 12.6. The number of imide groups is 1. The van der Waals surface area contributed by atoms with Crippen LogP contribution in [0.2, 0.25) is 0 Å². The van der Waals surface area contributed by atoms with E-state index in [1.165, 1.54) is 31.4 Å². The summed E-state index contributed by atoms with van der Waals surface area (Å²) in [7, 11) is -3.94. The van der Waals surface area contributed by atoms with Crippen molar-refractivity contribution in [3.05, 3.63) is 53.5 Å². The highest BCUT2D eigenvalue weighted by molar-refractivity contribution is 7.89. The van der Waals surface area contributed by atoms with E-state index in [0.717, 1.165) is 0 Å². The lowest BCUT2D eigenvalue weighted by Crippen LogP contribution is -2.50. The molecule has 0 fully saturated rings. The first-order valence-electron chi connectivity index (χ1n) is 9.75. The molecule has 3 amide bonds. The van der Waals surface area contributed by atoms with Gasteiger partial charge in [0.2, 0.25) is 10.0 Å². The Labute approximate surface area is 186 Å². The third-order valence-corrected chi connectivity index (χ3v) is 5.53. The maximum Gasteiger partial charge on any atom is 0.339 e. The highest BCUT2D eigenvalue weighted by Gasteiger charge is 2.25. The molecule has 1 aromatic heterocycles. The van der Waals surface area contributed by atoms with Gasteiger partial charge in [0.05, 0.1) is 23.3 Å². The summed E-state index contributed by atoms with van der Waals surface area (Å²) in [5, 5.41) is 4.65. The second-order valence-electron chi connectivity index (χ2n) is 8.12. The van der Waals surface area contributed by atoms with E-state index in [4.69, 9.17) is 9.15 Å². The Morgan fingerprint density at radius 2 is 1.84 bits per heavy atom. The first-order chi connectivity index (χ1) is 14.8. The van der Waals surface area contributed by atoms with Gasteiger partial charge in [0.1, 0.15) is 5.76 Å². The number of hydrogen-bond acceptors (Lipinski definition) is 7. The number of furan rings is 1. The Morgan fingerprint density at radius 1 is 1.16 bits per heavy atom. The average Bonchev–Trinajstić information content (AvgIpc) is 3.18. The largest absolute Gasteiger partial charge is 0.468 e. The zero-order chi connectivity index (χ0) is 24.1. The topological polar surface area (TPSA) is 144 Å². The van der Waals surface area contributed by atoms with Gasteiger partial charge in [0.15, 0.2) is 6.10 Å². The van der Waals surface area contributed by atoms with E-state index in [1.54, 1.807) is 39.8 Å². The maximum atomic E-state index is 12.6. The molecular weight excluding hydrogens is 438 g/mol. The molecule has 0 aliphatic rings. The highest BCUT2D eigenvalue weighted by atomic mass is 32.2. The minimum Gasteiger partial charge on any atom is -0.468 e. The standard InChI is InChI=1S/C21H27N3O7S/c1-13-8-9-16(32(28,29)22-12-15-7-6-10-30-15)11-17(13)19(26)31-14(2)18(25)23-20(27)24-21(3,4)5/h6-11,14,22H,12H2,1-5H3,(H2,23,24,25,27)/t14-/m0/s1. The number of rotatable bonds is 7. The van der Waals surface area contributed by atoms with E-state index in [2.05, 4.69) is 15.4 Å². The third-order valence-electron chi connectivity index (χ3n) is 4.13. The molecule has 32 heavy (non-hydrogen) atoms. The molecule has 2 aromatic rings. The summed E-state index contributed by atoms with van der Waals surface area (Å²) in [6, 6.07) is 6.50. The second-order valence-corrected chi connectivity index (χ2v) is 9.89. The van der Waals surface area contributed by atoms with Gasteiger partial charge in [-0.05, 0) is 64.4 Å². The Bertz CT molecular complexity index is 1090. The van der Waals surface area contributed by atoms with Crippen LogP contribution in [0.1, 0.15) is 49.4 Å². The fraction of sp³-hybridized carbons (Fsp3) is 0.381. The lowest BCUT2D eigenvalue weighted by atomic mass is 10.1. The van der Waals surface area contributed by atoms with Gasteiger partial charge in [0, 0.05) is 5.54 Å². The lowest BCUT2D eigenvalue weighted by Gasteiger charge is -2.21. The van der Waals surface area contributed by atoms with Crippen molar-refractivity contribution in [1.29, 1.82) is 0 Å². The molecular formula is C21H27N3O7S. The van der Waals surface area contributed by atoms with Crippen LogP contribution in [0.25, 0.3) is 0 Å². The number of benzene rings is 1. The summed E-state index contributed by atoms with van der Waals surface area (Å²) in [6.07, 6.45) is 0.137. The minimum atomic E-state index is -3.94. The normalized spacial score (nSPS) is 12.7. The Hall–Kier alpha value is -3.18. The smallest absolute Gasteiger partial charge is 0.339 e. The van der Waals surface area contributed by atoms with E-state index in [-0.39, 0.29) is 17.0 Å². The molecule has 0 aliphatic carbocycles. The van der Waals surface area contributed by atoms with E-state index < -0.39 is 39.6 Å². The molecule has 0 unspecified atom stereocenters. The van der Waals surface area contributed by atoms with Crippen molar-refractivity contribution in [1.82, 2.24) is 15.4 Å². The molecule has 1 heterocycles. The van der Waals surface area contributed by atoms with Gasteiger partial charge in [-0.25, -0.2) is 22.7 Å². The number of esters is 1. The van der Waals surface area contributed by atoms with Gasteiger partial charge in [-0.2, -0.15) is 0 Å². The molecule has 1 aromatic carbocycles. The SMILES string of the molecule is Cc1ccc(S(=O)(=O)NCc2ccco2)cc1C(=O)O[C@@H](C)C(=O)NC(=O)NC(C)(C)C. The van der Waals surface area contributed by atoms with E-state index in [1.807, 2.05) is 0 Å². The molecule has 0 aliphatic heterocycles. The molecule has 0 saturated carbocycles. The van der Waals surface area contributed by atoms with Crippen molar-refractivity contribution >= 4 is 27.9 Å². The zero-order valence-corrected chi connectivity index (χ0v) is 19.3. The molecule has 10 nitrogen and oxygen atoms in total. The number of hydrogen-bond donors (Lipinski definition) is 3. The van der Waals surface area contributed by atoms with Crippen molar-refractivity contribution < 1.29 is 32.0 Å². The average molecular weight is 466 g/mol. The van der Waals surface area contributed by atoms with Crippen molar-refractivity contribution in [2.45, 2.75) is 57.7 Å². The van der Waals surface area contributed by atoms with Crippen molar-refractivity contribution in [2.75, 3.05) is 0 Å². The van der Waals surface area contributed by atoms with Crippen LogP contribution in [0, 0.1) is 6.92 Å². The number of sulfonamides is 1. The van der Waals surface area contributed by atoms with Crippen molar-refractivity contribution in [3.8, 4) is 0 Å². The number of urea groups is 1. The predicted molar refractivity (Wildman–Crippen MR) is 115 cm³/mol. The van der Waals surface area contributed by atoms with Crippen molar-refractivity contribution in [3.63, 3.8) is 0 Å². The second kappa shape index (κ2) is 9.96. The molecule has 0 radical (unpaired) electrons. The number of aryl methyl sites for hydroxylation is 1. The van der Waals surface area contributed by atoms with E-state index in [0.29, 0.717) is 11.3 Å². The number of amides is 3. The van der Waals surface area contributed by atoms with Crippen LogP contribution in [0.5, 0.6) is 0 Å². The van der Waals surface area contributed by atoms with Gasteiger partial charge in [-0.1, -0.05) is 6.07 Å². The first kappa shape index (κ1) is 25.1. The Balaban J connectivity index is 2.08. The van der Waals surface area contributed by atoms with E-state index >= 15 is 0 Å². The monoisotopic (exact) mass is 465 g/mol. The fourth-order valence-electron chi connectivity index (χ4n) is 2.51. The highest BCUT2D eigenvalue weighted by Crippen LogP contribution is 2.18. The summed E-state index contributed by atoms with van der Waals surface area (Å²) < 4.78 is 37.7. The first-order valence-corrected chi connectivity index (χ1v) is 11.2. The van der Waals surface area contributed by atoms with Gasteiger partial charge >= 0.3 is 12.0 Å². The summed E-state index contributed by atoms with van der Waals surface area (Å²) in [4.78, 5) is 36.4. The molecule has 174 valence electrons. The van der Waals surface area contributed by atoms with Crippen LogP contribution in [-0.2, 0) is 26.1 Å². The Morgan fingerprint density at radius 3 is 2.44 bits per heavy atom. The van der Waals surface area contributed by atoms with Gasteiger partial charge in [0.25, 0.3) is 5.91 Å². The zero-order valence-electron chi connectivity index (χ0n) is 18.5. The summed E-state index contributed by atoms with van der Waals surface area (Å²) >= 11 is 0. The van der Waals surface area contributed by atoms with Crippen LogP contribution in [0.15, 0.2) is 45.9 Å². The molecule has 11 heteroatoms. The molecule has 0 saturated heterocycles. The molecule has 1 atom stereocenters. The predicted octanol–water partition coefficient (Wildman–Crippen LogP) is 2.24. The minimum absolute atomic E-state index is 0.0235. The third kappa shape index (κ3) is 7.20. The number of ether oxygens (including phenoxy) is 1. The Kier molecular flexibility index (Phi) is 7.81. The van der Waals surface area contributed by atoms with Gasteiger partial charge in [-0.3, -0.25) is 10.1 Å². The summed E-state index contributed by atoms with van der Waals surface area (Å²) in [5.74, 6) is -1.29. The quantitative estimate of drug-likeness (QED) is 0.532. The van der Waals surface area contributed by atoms with E-state index in [9.17, 15) is 22.8 Å². The molecule has 2 rings (SSSR count). The number of carbonyl (C=O) groups excluding carboxylic acids is 3. The van der Waals surface area contributed by atoms with Gasteiger partial charge in [-0.15, -0.1) is 0 Å². The van der Waals surface area contributed by atoms with Crippen LogP contribution in [0.3, 0.4) is 0 Å². The molecule has 0 bridgehead atoms. The molecule has 3 N–H and O–H groups in total. The van der Waals surface area contributed by atoms with Crippen LogP contribution < -0.4 is 15.4 Å². The summed E-state index contributed by atoms with van der Waals surface area (Å²) in [5.41, 5.74) is -0.124. The van der Waals surface area contributed by atoms with Crippen LogP contribution >= 0.6 is 0 Å². The molecule has 0 spiro atoms. The van der Waals surface area contributed by atoms with Crippen LogP contribution in [-0.4, -0.2) is 38.0 Å². The van der Waals surface area contributed by atoms with Crippen molar-refractivity contribution in [2.24, 2.45) is 0 Å². The fourth-order valence-corrected chi connectivity index (χ4v) is 3.53.